The predicted octanol–water partition coefficient (Wildman–Crippen LogP) is 5.09. The van der Waals surface area contributed by atoms with Crippen molar-refractivity contribution >= 4 is 22.2 Å². The number of pyridine rings is 1. The molecule has 4 heterocycles. The molecule has 39 heavy (non-hydrogen) atoms. The Morgan fingerprint density at radius 3 is 2.67 bits per heavy atom. The number of methoxy groups -OCH3 is 2. The second-order valence-electron chi connectivity index (χ2n) is 9.73. The van der Waals surface area contributed by atoms with E-state index in [-0.39, 0.29) is 11.6 Å². The SMILES string of the molecule is COc1cc2cc(C(c3nnnn3C3CCCC3)N(Cc3ccco3)Cc3cccs3)c(=O)[nH]c2cc1OC. The molecule has 1 fully saturated rings. The van der Waals surface area contributed by atoms with Crippen molar-refractivity contribution in [3.63, 3.8) is 0 Å². The second kappa shape index (κ2) is 11.0. The Hall–Kier alpha value is -3.96. The quantitative estimate of drug-likeness (QED) is 0.258. The van der Waals surface area contributed by atoms with Gasteiger partial charge in [0.25, 0.3) is 5.56 Å². The van der Waals surface area contributed by atoms with Crippen molar-refractivity contribution in [2.75, 3.05) is 14.2 Å². The molecule has 0 amide bonds. The van der Waals surface area contributed by atoms with E-state index in [1.807, 2.05) is 35.0 Å². The van der Waals surface area contributed by atoms with Gasteiger partial charge in [0.15, 0.2) is 17.3 Å². The standard InChI is InChI=1S/C28H30N6O4S/c1-36-24-14-18-13-22(28(35)29-23(18)15-25(24)37-2)26(27-30-31-32-34(27)19-7-3-4-8-19)33(16-20-9-5-11-38-20)17-21-10-6-12-39-21/h5-6,9-15,19,26H,3-4,7-8,16-17H2,1-2H3,(H,29,35). The smallest absolute Gasteiger partial charge is 0.253 e. The van der Waals surface area contributed by atoms with Crippen LogP contribution < -0.4 is 15.0 Å². The first-order valence-corrected chi connectivity index (χ1v) is 13.9. The monoisotopic (exact) mass is 546 g/mol. The molecule has 1 atom stereocenters. The van der Waals surface area contributed by atoms with Gasteiger partial charge in [-0.05, 0) is 59.0 Å². The van der Waals surface area contributed by atoms with Crippen LogP contribution >= 0.6 is 11.3 Å². The first-order valence-electron chi connectivity index (χ1n) is 13.0. The molecule has 0 bridgehead atoms. The first-order chi connectivity index (χ1) is 19.1. The van der Waals surface area contributed by atoms with Crippen molar-refractivity contribution in [3.8, 4) is 11.5 Å². The van der Waals surface area contributed by atoms with Gasteiger partial charge < -0.3 is 18.9 Å². The Labute approximate surface area is 229 Å². The fraction of sp³-hybridized carbons (Fsp3) is 0.357. The third kappa shape index (κ3) is 5.07. The molecule has 10 nitrogen and oxygen atoms in total. The molecule has 1 N–H and O–H groups in total. The van der Waals surface area contributed by atoms with Crippen molar-refractivity contribution < 1.29 is 13.9 Å². The number of fused-ring (bicyclic) bond motifs is 1. The molecule has 0 radical (unpaired) electrons. The molecule has 1 saturated carbocycles. The molecule has 1 unspecified atom stereocenters. The van der Waals surface area contributed by atoms with Gasteiger partial charge in [0.2, 0.25) is 0 Å². The average molecular weight is 547 g/mol. The molecule has 202 valence electrons. The van der Waals surface area contributed by atoms with E-state index in [2.05, 4.69) is 36.9 Å². The summed E-state index contributed by atoms with van der Waals surface area (Å²) in [4.78, 5) is 20.3. The zero-order valence-corrected chi connectivity index (χ0v) is 22.7. The van der Waals surface area contributed by atoms with Gasteiger partial charge in [-0.15, -0.1) is 16.4 Å². The first kappa shape index (κ1) is 25.3. The Morgan fingerprint density at radius 2 is 1.95 bits per heavy atom. The summed E-state index contributed by atoms with van der Waals surface area (Å²) in [5.74, 6) is 2.57. The molecule has 0 aliphatic heterocycles. The van der Waals surface area contributed by atoms with Crippen molar-refractivity contribution in [2.45, 2.75) is 50.9 Å². The molecule has 0 saturated heterocycles. The summed E-state index contributed by atoms with van der Waals surface area (Å²) in [5.41, 5.74) is 0.995. The van der Waals surface area contributed by atoms with Crippen molar-refractivity contribution in [3.05, 3.63) is 86.5 Å². The molecule has 6 rings (SSSR count). The third-order valence-corrected chi connectivity index (χ3v) is 8.21. The summed E-state index contributed by atoms with van der Waals surface area (Å²) in [7, 11) is 3.17. The van der Waals surface area contributed by atoms with E-state index < -0.39 is 6.04 Å². The number of thiophene rings is 1. The lowest BCUT2D eigenvalue weighted by molar-refractivity contribution is 0.178. The van der Waals surface area contributed by atoms with Crippen molar-refractivity contribution in [1.82, 2.24) is 30.1 Å². The summed E-state index contributed by atoms with van der Waals surface area (Å²) >= 11 is 1.67. The minimum atomic E-state index is -0.533. The van der Waals surface area contributed by atoms with E-state index in [0.717, 1.165) is 41.7 Å². The van der Waals surface area contributed by atoms with Crippen LogP contribution in [0, 0.1) is 0 Å². The number of ether oxygens (including phenoxy) is 2. The minimum Gasteiger partial charge on any atom is -0.493 e. The van der Waals surface area contributed by atoms with Crippen LogP contribution in [-0.4, -0.2) is 44.3 Å². The summed E-state index contributed by atoms with van der Waals surface area (Å²) in [6.07, 6.45) is 5.97. The van der Waals surface area contributed by atoms with Crippen LogP contribution in [0.15, 0.2) is 63.3 Å². The normalized spacial score (nSPS) is 14.8. The predicted molar refractivity (Wildman–Crippen MR) is 147 cm³/mol. The van der Waals surface area contributed by atoms with Gasteiger partial charge in [0, 0.05) is 28.4 Å². The van der Waals surface area contributed by atoms with Gasteiger partial charge in [-0.25, -0.2) is 4.68 Å². The highest BCUT2D eigenvalue weighted by molar-refractivity contribution is 7.09. The maximum absolute atomic E-state index is 13.8. The van der Waals surface area contributed by atoms with E-state index in [4.69, 9.17) is 13.9 Å². The molecular formula is C28H30N6O4S. The Bertz CT molecular complexity index is 1550. The summed E-state index contributed by atoms with van der Waals surface area (Å²) in [5, 5.41) is 15.9. The average Bonchev–Trinajstić information content (AvgIpc) is 3.76. The van der Waals surface area contributed by atoms with Crippen LogP contribution in [0.1, 0.15) is 59.8 Å². The van der Waals surface area contributed by atoms with Gasteiger partial charge in [0.05, 0.1) is 38.6 Å². The lowest BCUT2D eigenvalue weighted by Gasteiger charge is -2.30. The van der Waals surface area contributed by atoms with Gasteiger partial charge in [0.1, 0.15) is 11.8 Å². The Balaban J connectivity index is 1.54. The Morgan fingerprint density at radius 1 is 1.13 bits per heavy atom. The lowest BCUT2D eigenvalue weighted by Crippen LogP contribution is -2.35. The van der Waals surface area contributed by atoms with Crippen LogP contribution in [0.3, 0.4) is 0 Å². The Kier molecular flexibility index (Phi) is 7.16. The van der Waals surface area contributed by atoms with E-state index in [9.17, 15) is 4.79 Å². The van der Waals surface area contributed by atoms with Gasteiger partial charge in [-0.1, -0.05) is 18.9 Å². The summed E-state index contributed by atoms with van der Waals surface area (Å²) in [6, 6.07) is 13.2. The van der Waals surface area contributed by atoms with Gasteiger partial charge >= 0.3 is 0 Å². The number of hydrogen-bond donors (Lipinski definition) is 1. The molecule has 0 spiro atoms. The number of nitrogens with zero attached hydrogens (tertiary/aromatic N) is 5. The molecule has 4 aromatic heterocycles. The van der Waals surface area contributed by atoms with Gasteiger partial charge in [-0.2, -0.15) is 0 Å². The second-order valence-corrected chi connectivity index (χ2v) is 10.8. The van der Waals surface area contributed by atoms with Crippen molar-refractivity contribution in [2.24, 2.45) is 0 Å². The molecule has 11 heteroatoms. The highest BCUT2D eigenvalue weighted by Crippen LogP contribution is 2.37. The molecule has 1 aliphatic carbocycles. The number of furan rings is 1. The van der Waals surface area contributed by atoms with Crippen LogP contribution in [0.25, 0.3) is 10.9 Å². The van der Waals surface area contributed by atoms with Crippen LogP contribution in [0.4, 0.5) is 0 Å². The topological polar surface area (TPSA) is 111 Å². The number of tetrazole rings is 1. The number of aromatic nitrogens is 5. The fourth-order valence-corrected chi connectivity index (χ4v) is 6.21. The number of rotatable bonds is 10. The van der Waals surface area contributed by atoms with E-state index in [0.29, 0.717) is 41.5 Å². The molecular weight excluding hydrogens is 516 g/mol. The lowest BCUT2D eigenvalue weighted by atomic mass is 10.0. The van der Waals surface area contributed by atoms with Crippen LogP contribution in [0.5, 0.6) is 11.5 Å². The van der Waals surface area contributed by atoms with E-state index in [1.54, 1.807) is 37.9 Å². The number of aromatic amines is 1. The summed E-state index contributed by atoms with van der Waals surface area (Å²) in [6.45, 7) is 1.06. The zero-order valence-electron chi connectivity index (χ0n) is 21.9. The third-order valence-electron chi connectivity index (χ3n) is 7.35. The highest BCUT2D eigenvalue weighted by Gasteiger charge is 2.34. The minimum absolute atomic E-state index is 0.202. The number of hydrogen-bond acceptors (Lipinski definition) is 9. The van der Waals surface area contributed by atoms with E-state index >= 15 is 0 Å². The number of H-pyrrole nitrogens is 1. The zero-order chi connectivity index (χ0) is 26.8. The maximum Gasteiger partial charge on any atom is 0.253 e. The van der Waals surface area contributed by atoms with Crippen LogP contribution in [0.2, 0.25) is 0 Å². The molecule has 5 aromatic rings. The maximum atomic E-state index is 13.8. The number of nitrogens with one attached hydrogen (secondary N) is 1. The van der Waals surface area contributed by atoms with Crippen LogP contribution in [-0.2, 0) is 13.1 Å². The largest absolute Gasteiger partial charge is 0.493 e. The van der Waals surface area contributed by atoms with E-state index in [1.165, 1.54) is 0 Å². The summed E-state index contributed by atoms with van der Waals surface area (Å²) < 4.78 is 18.7. The van der Waals surface area contributed by atoms with Crippen molar-refractivity contribution in [1.29, 1.82) is 0 Å². The van der Waals surface area contributed by atoms with Gasteiger partial charge in [-0.3, -0.25) is 9.69 Å². The molecule has 1 aromatic carbocycles. The molecule has 1 aliphatic rings. The highest BCUT2D eigenvalue weighted by atomic mass is 32.1. The number of benzene rings is 1. The fourth-order valence-electron chi connectivity index (χ4n) is 5.49.